The Labute approximate surface area is 108 Å². The molecule has 1 atom stereocenters. The molecule has 5 nitrogen and oxygen atoms in total. The van der Waals surface area contributed by atoms with Gasteiger partial charge in [0.2, 0.25) is 0 Å². The highest BCUT2D eigenvalue weighted by Gasteiger charge is 2.29. The Morgan fingerprint density at radius 2 is 1.72 bits per heavy atom. The Hall–Kier alpha value is -1.78. The van der Waals surface area contributed by atoms with Gasteiger partial charge < -0.3 is 14.8 Å². The number of esters is 1. The summed E-state index contributed by atoms with van der Waals surface area (Å²) in [6.45, 7) is 12.4. The lowest BCUT2D eigenvalue weighted by atomic mass is 10.0. The third kappa shape index (κ3) is 5.52. The normalized spacial score (nSPS) is 12.5. The molecule has 0 aromatic carbocycles. The van der Waals surface area contributed by atoms with E-state index in [1.165, 1.54) is 19.3 Å². The van der Waals surface area contributed by atoms with E-state index < -0.39 is 29.6 Å². The van der Waals surface area contributed by atoms with Crippen molar-refractivity contribution in [2.75, 3.05) is 7.11 Å². The smallest absolute Gasteiger partial charge is 0.408 e. The predicted molar refractivity (Wildman–Crippen MR) is 69.1 cm³/mol. The number of rotatable bonds is 5. The van der Waals surface area contributed by atoms with Gasteiger partial charge in [-0.3, -0.25) is 0 Å². The summed E-state index contributed by atoms with van der Waals surface area (Å²) in [4.78, 5) is 23.2. The average molecular weight is 255 g/mol. The van der Waals surface area contributed by atoms with E-state index >= 15 is 0 Å². The van der Waals surface area contributed by atoms with Crippen molar-refractivity contribution in [2.24, 2.45) is 5.92 Å². The Kier molecular flexibility index (Phi) is 6.16. The molecule has 102 valence electrons. The summed E-state index contributed by atoms with van der Waals surface area (Å²) < 4.78 is 9.70. The van der Waals surface area contributed by atoms with E-state index in [0.717, 1.165) is 0 Å². The number of hydrogen-bond donors (Lipinski definition) is 1. The number of alkyl carbamates (subject to hydrolysis) is 1. The second-order valence-electron chi connectivity index (χ2n) is 4.70. The highest BCUT2D eigenvalue weighted by Crippen LogP contribution is 2.11. The van der Waals surface area contributed by atoms with Gasteiger partial charge in [0.25, 0.3) is 0 Å². The number of amides is 1. The number of hydrogen-bond acceptors (Lipinski definition) is 4. The monoisotopic (exact) mass is 255 g/mol. The van der Waals surface area contributed by atoms with Crippen LogP contribution in [0, 0.1) is 5.92 Å². The van der Waals surface area contributed by atoms with Crippen molar-refractivity contribution in [2.45, 2.75) is 32.4 Å². The fourth-order valence-corrected chi connectivity index (χ4v) is 1.24. The van der Waals surface area contributed by atoms with Crippen molar-refractivity contribution < 1.29 is 19.1 Å². The maximum Gasteiger partial charge on any atom is 0.408 e. The molecule has 0 saturated carbocycles. The predicted octanol–water partition coefficient (Wildman–Crippen LogP) is 2.04. The summed E-state index contributed by atoms with van der Waals surface area (Å²) in [5, 5.41) is 2.45. The summed E-state index contributed by atoms with van der Waals surface area (Å²) in [5.41, 5.74) is -0.636. The molecule has 0 aliphatic heterocycles. The van der Waals surface area contributed by atoms with Crippen molar-refractivity contribution in [1.82, 2.24) is 5.32 Å². The minimum atomic E-state index is -0.889. The average Bonchev–Trinajstić information content (AvgIpc) is 2.25. The summed E-state index contributed by atoms with van der Waals surface area (Å²) >= 11 is 0. The van der Waals surface area contributed by atoms with Crippen LogP contribution in [-0.4, -0.2) is 30.8 Å². The first-order chi connectivity index (χ1) is 8.25. The largest absolute Gasteiger partial charge is 0.467 e. The maximum absolute atomic E-state index is 11.6. The fraction of sp³-hybridized carbons (Fsp3) is 0.538. The van der Waals surface area contributed by atoms with Crippen LogP contribution in [0.3, 0.4) is 0 Å². The first kappa shape index (κ1) is 16.2. The lowest BCUT2D eigenvalue weighted by Crippen LogP contribution is -2.47. The van der Waals surface area contributed by atoms with E-state index in [1.54, 1.807) is 20.8 Å². The molecular formula is C13H21NO4. The molecule has 5 heteroatoms. The van der Waals surface area contributed by atoms with Gasteiger partial charge in [0.1, 0.15) is 11.6 Å². The third-order valence-corrected chi connectivity index (χ3v) is 2.06. The van der Waals surface area contributed by atoms with Gasteiger partial charge in [-0.1, -0.05) is 12.2 Å². The molecule has 0 spiro atoms. The molecule has 1 N–H and O–H groups in total. The van der Waals surface area contributed by atoms with Crippen LogP contribution in [-0.2, 0) is 14.3 Å². The van der Waals surface area contributed by atoms with E-state index in [0.29, 0.717) is 0 Å². The Balaban J connectivity index is 4.80. The fourth-order valence-electron chi connectivity index (χ4n) is 1.24. The van der Waals surface area contributed by atoms with Crippen LogP contribution in [0.15, 0.2) is 25.3 Å². The van der Waals surface area contributed by atoms with Crippen molar-refractivity contribution in [3.8, 4) is 0 Å². The zero-order valence-electron chi connectivity index (χ0n) is 11.4. The Bertz CT molecular complexity index is 322. The van der Waals surface area contributed by atoms with Gasteiger partial charge in [-0.15, -0.1) is 13.2 Å². The molecule has 0 bridgehead atoms. The first-order valence-electron chi connectivity index (χ1n) is 5.57. The number of methoxy groups -OCH3 is 1. The zero-order valence-corrected chi connectivity index (χ0v) is 11.4. The van der Waals surface area contributed by atoms with Crippen LogP contribution in [0.5, 0.6) is 0 Å². The SMILES string of the molecule is C=CC(C=C)[C@@H](NC(=O)OC(C)(C)C)C(=O)OC. The number of carbonyl (C=O) groups is 2. The molecule has 0 fully saturated rings. The van der Waals surface area contributed by atoms with Gasteiger partial charge in [-0.05, 0) is 20.8 Å². The van der Waals surface area contributed by atoms with Crippen LogP contribution in [0.25, 0.3) is 0 Å². The molecule has 0 saturated heterocycles. The Morgan fingerprint density at radius 3 is 2.06 bits per heavy atom. The molecule has 0 rings (SSSR count). The van der Waals surface area contributed by atoms with Gasteiger partial charge in [0.05, 0.1) is 7.11 Å². The van der Waals surface area contributed by atoms with E-state index in [9.17, 15) is 9.59 Å². The molecule has 0 heterocycles. The Morgan fingerprint density at radius 1 is 1.22 bits per heavy atom. The maximum atomic E-state index is 11.6. The van der Waals surface area contributed by atoms with Gasteiger partial charge >= 0.3 is 12.1 Å². The number of carbonyl (C=O) groups excluding carboxylic acids is 2. The van der Waals surface area contributed by atoms with Gasteiger partial charge in [0, 0.05) is 5.92 Å². The van der Waals surface area contributed by atoms with E-state index in [2.05, 4.69) is 23.2 Å². The molecule has 18 heavy (non-hydrogen) atoms. The number of nitrogens with one attached hydrogen (secondary N) is 1. The van der Waals surface area contributed by atoms with Crippen LogP contribution < -0.4 is 5.32 Å². The van der Waals surface area contributed by atoms with E-state index in [-0.39, 0.29) is 0 Å². The van der Waals surface area contributed by atoms with Gasteiger partial charge in [0.15, 0.2) is 0 Å². The molecule has 0 aliphatic carbocycles. The third-order valence-electron chi connectivity index (χ3n) is 2.06. The second-order valence-corrected chi connectivity index (χ2v) is 4.70. The molecule has 0 aromatic heterocycles. The highest BCUT2D eigenvalue weighted by atomic mass is 16.6. The summed E-state index contributed by atoms with van der Waals surface area (Å²) in [6.07, 6.45) is 2.32. The molecule has 0 aliphatic rings. The topological polar surface area (TPSA) is 64.6 Å². The minimum Gasteiger partial charge on any atom is -0.467 e. The minimum absolute atomic E-state index is 0.426. The molecule has 0 aromatic rings. The quantitative estimate of drug-likeness (QED) is 0.603. The van der Waals surface area contributed by atoms with Crippen LogP contribution in [0.1, 0.15) is 20.8 Å². The molecular weight excluding hydrogens is 234 g/mol. The van der Waals surface area contributed by atoms with Gasteiger partial charge in [-0.2, -0.15) is 0 Å². The first-order valence-corrected chi connectivity index (χ1v) is 5.57. The summed E-state index contributed by atoms with van der Waals surface area (Å²) in [7, 11) is 1.25. The van der Waals surface area contributed by atoms with E-state index in [4.69, 9.17) is 4.74 Å². The van der Waals surface area contributed by atoms with Gasteiger partial charge in [-0.25, -0.2) is 9.59 Å². The van der Waals surface area contributed by atoms with Crippen LogP contribution in [0.2, 0.25) is 0 Å². The van der Waals surface area contributed by atoms with Crippen LogP contribution in [0.4, 0.5) is 4.79 Å². The summed E-state index contributed by atoms with van der Waals surface area (Å²) in [5.74, 6) is -1.00. The van der Waals surface area contributed by atoms with Crippen molar-refractivity contribution in [1.29, 1.82) is 0 Å². The lowest BCUT2D eigenvalue weighted by Gasteiger charge is -2.24. The molecule has 0 radical (unpaired) electrons. The van der Waals surface area contributed by atoms with Crippen molar-refractivity contribution in [3.63, 3.8) is 0 Å². The molecule has 0 unspecified atom stereocenters. The number of ether oxygens (including phenoxy) is 2. The standard InChI is InChI=1S/C13H21NO4/c1-7-9(8-2)10(11(15)17-6)14-12(16)18-13(3,4)5/h7-10H,1-2H2,3-6H3,(H,14,16)/t10-/m1/s1. The van der Waals surface area contributed by atoms with Crippen molar-refractivity contribution >= 4 is 12.1 Å². The highest BCUT2D eigenvalue weighted by molar-refractivity contribution is 5.82. The lowest BCUT2D eigenvalue weighted by molar-refractivity contribution is -0.143. The zero-order chi connectivity index (χ0) is 14.3. The molecule has 1 amide bonds. The van der Waals surface area contributed by atoms with Crippen LogP contribution >= 0.6 is 0 Å². The van der Waals surface area contributed by atoms with Crippen molar-refractivity contribution in [3.05, 3.63) is 25.3 Å². The second kappa shape index (κ2) is 6.83. The summed E-state index contributed by atoms with van der Waals surface area (Å²) in [6, 6.07) is -0.889. The van der Waals surface area contributed by atoms with E-state index in [1.807, 2.05) is 0 Å².